The van der Waals surface area contributed by atoms with Gasteiger partial charge < -0.3 is 4.90 Å². The topological polar surface area (TPSA) is 70.8 Å². The van der Waals surface area contributed by atoms with E-state index in [1.54, 1.807) is 13.0 Å². The maximum atomic E-state index is 12.2. The lowest BCUT2D eigenvalue weighted by molar-refractivity contribution is -0.128. The Bertz CT molecular complexity index is 772. The van der Waals surface area contributed by atoms with Gasteiger partial charge in [0.05, 0.1) is 5.69 Å². The number of thioether (sulfide) groups is 1. The fraction of sp³-hybridized carbons (Fsp3) is 0.571. The third-order valence-electron chi connectivity index (χ3n) is 3.87. The molecule has 1 saturated heterocycles. The highest BCUT2D eigenvalue weighted by molar-refractivity contribution is 8.00. The van der Waals surface area contributed by atoms with Crippen LogP contribution in [-0.4, -0.2) is 62.7 Å². The van der Waals surface area contributed by atoms with Crippen molar-refractivity contribution in [2.24, 2.45) is 0 Å². The summed E-state index contributed by atoms with van der Waals surface area (Å²) in [5.74, 6) is 0.124. The summed E-state index contributed by atoms with van der Waals surface area (Å²) in [5, 5.41) is 4.23. The zero-order valence-corrected chi connectivity index (χ0v) is 14.8. The first-order valence-electron chi connectivity index (χ1n) is 7.48. The Morgan fingerprint density at radius 2 is 2.17 bits per heavy atom. The minimum atomic E-state index is -0.137. The molecule has 3 rings (SSSR count). The van der Waals surface area contributed by atoms with Crippen molar-refractivity contribution in [2.45, 2.75) is 24.2 Å². The van der Waals surface area contributed by atoms with Crippen LogP contribution in [0.15, 0.2) is 15.2 Å². The molecule has 2 aromatic heterocycles. The molecule has 0 radical (unpaired) electrons. The molecule has 1 aliphatic heterocycles. The van der Waals surface area contributed by atoms with Crippen molar-refractivity contribution in [3.8, 4) is 0 Å². The van der Waals surface area contributed by atoms with Crippen LogP contribution in [0.25, 0.3) is 4.96 Å². The van der Waals surface area contributed by atoms with Crippen molar-refractivity contribution in [1.29, 1.82) is 0 Å². The molecular formula is C14H19N5O2S2. The summed E-state index contributed by atoms with van der Waals surface area (Å²) in [7, 11) is 0. The summed E-state index contributed by atoms with van der Waals surface area (Å²) < 4.78 is 2.19. The second-order valence-corrected chi connectivity index (χ2v) is 7.50. The van der Waals surface area contributed by atoms with Gasteiger partial charge in [-0.3, -0.25) is 14.5 Å². The van der Waals surface area contributed by atoms with Gasteiger partial charge in [-0.15, -0.1) is 5.10 Å². The van der Waals surface area contributed by atoms with E-state index in [9.17, 15) is 9.59 Å². The lowest BCUT2D eigenvalue weighted by Gasteiger charge is -2.20. The van der Waals surface area contributed by atoms with Crippen molar-refractivity contribution in [3.63, 3.8) is 0 Å². The summed E-state index contributed by atoms with van der Waals surface area (Å²) in [6, 6.07) is 1.56. The van der Waals surface area contributed by atoms with Crippen LogP contribution in [0.5, 0.6) is 0 Å². The number of amides is 1. The van der Waals surface area contributed by atoms with Crippen molar-refractivity contribution in [1.82, 2.24) is 24.4 Å². The monoisotopic (exact) mass is 353 g/mol. The van der Waals surface area contributed by atoms with Crippen LogP contribution in [0.1, 0.15) is 19.0 Å². The first kappa shape index (κ1) is 16.4. The molecule has 1 amide bonds. The maximum absolute atomic E-state index is 12.2. The van der Waals surface area contributed by atoms with Crippen molar-refractivity contribution in [3.05, 3.63) is 22.1 Å². The summed E-state index contributed by atoms with van der Waals surface area (Å²) >= 11 is 2.94. The number of carbonyl (C=O) groups excluding carboxylic acids is 1. The van der Waals surface area contributed by atoms with E-state index in [1.807, 2.05) is 11.2 Å². The molecule has 0 unspecified atom stereocenters. The molecule has 0 spiro atoms. The minimum absolute atomic E-state index is 0.124. The number of aromatic nitrogens is 3. The molecule has 0 aromatic carbocycles. The predicted molar refractivity (Wildman–Crippen MR) is 91.1 cm³/mol. The molecule has 0 saturated carbocycles. The van der Waals surface area contributed by atoms with E-state index in [0.29, 0.717) is 11.5 Å². The van der Waals surface area contributed by atoms with Gasteiger partial charge in [-0.2, -0.15) is 4.52 Å². The highest BCUT2D eigenvalue weighted by Crippen LogP contribution is 2.20. The third-order valence-corrected chi connectivity index (χ3v) is 5.76. The number of hydrogen-bond donors (Lipinski definition) is 0. The first-order valence-corrected chi connectivity index (χ1v) is 9.52. The van der Waals surface area contributed by atoms with Crippen LogP contribution in [0, 0.1) is 0 Å². The molecular weight excluding hydrogens is 334 g/mol. The fourth-order valence-electron chi connectivity index (χ4n) is 2.68. The number of fused-ring (bicyclic) bond motifs is 1. The molecule has 9 heteroatoms. The largest absolute Gasteiger partial charge is 0.342 e. The van der Waals surface area contributed by atoms with Crippen LogP contribution in [-0.2, 0) is 11.3 Å². The third kappa shape index (κ3) is 3.73. The molecule has 2 aromatic rings. The molecule has 1 fully saturated rings. The molecule has 0 aliphatic carbocycles. The van der Waals surface area contributed by atoms with Gasteiger partial charge in [0.1, 0.15) is 0 Å². The van der Waals surface area contributed by atoms with Gasteiger partial charge in [0.2, 0.25) is 10.9 Å². The molecule has 0 bridgehead atoms. The van der Waals surface area contributed by atoms with Crippen LogP contribution in [0.2, 0.25) is 0 Å². The molecule has 0 N–H and O–H groups in total. The summed E-state index contributed by atoms with van der Waals surface area (Å²) in [6.45, 7) is 5.48. The number of rotatable bonds is 3. The normalized spacial score (nSPS) is 16.7. The lowest BCUT2D eigenvalue weighted by atomic mass is 10.3. The Kier molecular flexibility index (Phi) is 4.98. The predicted octanol–water partition coefficient (Wildman–Crippen LogP) is 0.927. The van der Waals surface area contributed by atoms with Crippen LogP contribution in [0.4, 0.5) is 0 Å². The van der Waals surface area contributed by atoms with Gasteiger partial charge >= 0.3 is 0 Å². The Balaban J connectivity index is 1.76. The minimum Gasteiger partial charge on any atom is -0.342 e. The molecule has 3 heterocycles. The van der Waals surface area contributed by atoms with Gasteiger partial charge in [0.15, 0.2) is 4.34 Å². The Labute approximate surface area is 142 Å². The zero-order valence-electron chi connectivity index (χ0n) is 13.2. The van der Waals surface area contributed by atoms with Crippen LogP contribution in [0.3, 0.4) is 0 Å². The maximum Gasteiger partial charge on any atom is 0.275 e. The summed E-state index contributed by atoms with van der Waals surface area (Å²) in [5.41, 5.74) is 0.629. The Morgan fingerprint density at radius 1 is 1.35 bits per heavy atom. The quantitative estimate of drug-likeness (QED) is 0.765. The number of hydrogen-bond acceptors (Lipinski definition) is 7. The van der Waals surface area contributed by atoms with Gasteiger partial charge in [-0.25, -0.2) is 4.98 Å². The summed E-state index contributed by atoms with van der Waals surface area (Å²) in [4.78, 5) is 33.0. The Morgan fingerprint density at radius 3 is 2.91 bits per heavy atom. The summed E-state index contributed by atoms with van der Waals surface area (Å²) in [6.07, 6.45) is 2.87. The van der Waals surface area contributed by atoms with Gasteiger partial charge in [0.25, 0.3) is 5.56 Å². The molecule has 124 valence electrons. The van der Waals surface area contributed by atoms with Crippen LogP contribution < -0.4 is 5.56 Å². The molecule has 0 atom stereocenters. The highest BCUT2D eigenvalue weighted by atomic mass is 32.2. The van der Waals surface area contributed by atoms with E-state index in [2.05, 4.69) is 15.0 Å². The lowest BCUT2D eigenvalue weighted by Crippen LogP contribution is -2.33. The van der Waals surface area contributed by atoms with E-state index >= 15 is 0 Å². The second kappa shape index (κ2) is 6.98. The van der Waals surface area contributed by atoms with E-state index < -0.39 is 0 Å². The van der Waals surface area contributed by atoms with Crippen molar-refractivity contribution in [2.75, 3.05) is 32.4 Å². The highest BCUT2D eigenvalue weighted by Gasteiger charge is 2.17. The van der Waals surface area contributed by atoms with Crippen molar-refractivity contribution < 1.29 is 4.79 Å². The molecule has 23 heavy (non-hydrogen) atoms. The number of nitrogens with zero attached hydrogens (tertiary/aromatic N) is 5. The average Bonchev–Trinajstić information content (AvgIpc) is 2.79. The smallest absolute Gasteiger partial charge is 0.275 e. The second-order valence-electron chi connectivity index (χ2n) is 5.49. The van der Waals surface area contributed by atoms with Crippen molar-refractivity contribution >= 4 is 34.0 Å². The zero-order chi connectivity index (χ0) is 16.4. The van der Waals surface area contributed by atoms with Crippen LogP contribution >= 0.6 is 23.1 Å². The van der Waals surface area contributed by atoms with Gasteiger partial charge in [-0.1, -0.05) is 23.1 Å². The Hall–Kier alpha value is -1.45. The fourth-order valence-corrected chi connectivity index (χ4v) is 4.05. The van der Waals surface area contributed by atoms with Gasteiger partial charge in [0, 0.05) is 45.7 Å². The van der Waals surface area contributed by atoms with E-state index in [4.69, 9.17) is 0 Å². The SMILES string of the molecule is CSc1nn2c(=O)cc(CN3CCCN(C(C)=O)CC3)nc2s1. The molecule has 7 nitrogen and oxygen atoms in total. The van der Waals surface area contributed by atoms with Gasteiger partial charge in [-0.05, 0) is 12.7 Å². The van der Waals surface area contributed by atoms with E-state index in [0.717, 1.165) is 42.6 Å². The first-order chi connectivity index (χ1) is 11.1. The average molecular weight is 353 g/mol. The number of carbonyl (C=O) groups is 1. The van der Waals surface area contributed by atoms with E-state index in [-0.39, 0.29) is 11.5 Å². The van der Waals surface area contributed by atoms with E-state index in [1.165, 1.54) is 27.6 Å². The standard InChI is InChI=1S/C14H19N5O2S2/c1-10(20)18-5-3-4-17(6-7-18)9-11-8-12(21)19-13(15-11)23-14(16-19)22-2/h8H,3-7,9H2,1-2H3. The molecule has 1 aliphatic rings.